The molecule has 1 heterocycles. The maximum absolute atomic E-state index is 5.42. The average Bonchev–Trinajstić information content (AvgIpc) is 2.64. The smallest absolute Gasteiger partial charge is 0.205 e. The molecule has 0 amide bonds. The van der Waals surface area contributed by atoms with Crippen molar-refractivity contribution in [3.63, 3.8) is 0 Å². The number of hydrogen-bond acceptors (Lipinski definition) is 3. The van der Waals surface area contributed by atoms with Crippen molar-refractivity contribution < 1.29 is 0 Å². The molecule has 5 nitrogen and oxygen atoms in total. The molecule has 16 heavy (non-hydrogen) atoms. The minimum atomic E-state index is 0.555. The molecule has 4 N–H and O–H groups in total. The first-order chi connectivity index (χ1) is 7.63. The van der Waals surface area contributed by atoms with Gasteiger partial charge >= 0.3 is 0 Å². The fourth-order valence-electron chi connectivity index (χ4n) is 1.88. The Morgan fingerprint density at radius 3 is 2.81 bits per heavy atom. The maximum atomic E-state index is 5.42. The second-order valence-electron chi connectivity index (χ2n) is 4.89. The summed E-state index contributed by atoms with van der Waals surface area (Å²) in [6.45, 7) is 7.19. The first-order valence-corrected chi connectivity index (χ1v) is 6.08. The van der Waals surface area contributed by atoms with Crippen LogP contribution in [0.5, 0.6) is 0 Å². The molecule has 0 aliphatic carbocycles. The minimum Gasteiger partial charge on any atom is -0.354 e. The highest BCUT2D eigenvalue weighted by atomic mass is 15.3. The second-order valence-corrected chi connectivity index (χ2v) is 4.89. The van der Waals surface area contributed by atoms with Gasteiger partial charge in [-0.15, -0.1) is 0 Å². The summed E-state index contributed by atoms with van der Waals surface area (Å²) in [5.74, 6) is 6.68. The molecule has 0 aromatic carbocycles. The molecule has 0 bridgehead atoms. The molecular formula is C11H25N5. The van der Waals surface area contributed by atoms with Gasteiger partial charge in [0.05, 0.1) is 0 Å². The van der Waals surface area contributed by atoms with E-state index in [4.69, 9.17) is 5.84 Å². The van der Waals surface area contributed by atoms with E-state index in [1.165, 1.54) is 19.4 Å². The minimum absolute atomic E-state index is 0.555. The van der Waals surface area contributed by atoms with Gasteiger partial charge in [0.15, 0.2) is 0 Å². The predicted molar refractivity (Wildman–Crippen MR) is 68.1 cm³/mol. The lowest BCUT2D eigenvalue weighted by atomic mass is 10.2. The van der Waals surface area contributed by atoms with Gasteiger partial charge in [0.2, 0.25) is 5.96 Å². The predicted octanol–water partition coefficient (Wildman–Crippen LogP) is 0.146. The van der Waals surface area contributed by atoms with Gasteiger partial charge in [-0.3, -0.25) is 10.4 Å². The van der Waals surface area contributed by atoms with Crippen molar-refractivity contribution in [1.82, 2.24) is 15.6 Å². The molecule has 94 valence electrons. The van der Waals surface area contributed by atoms with Crippen molar-refractivity contribution in [2.24, 2.45) is 16.8 Å². The van der Waals surface area contributed by atoms with E-state index in [0.29, 0.717) is 17.9 Å². The Balaban J connectivity index is 2.30. The van der Waals surface area contributed by atoms with Gasteiger partial charge in [-0.25, -0.2) is 5.84 Å². The van der Waals surface area contributed by atoms with E-state index in [0.717, 1.165) is 13.1 Å². The number of aliphatic imine (C=N–C) groups is 1. The van der Waals surface area contributed by atoms with Crippen LogP contribution in [0.3, 0.4) is 0 Å². The van der Waals surface area contributed by atoms with E-state index >= 15 is 0 Å². The lowest BCUT2D eigenvalue weighted by molar-refractivity contribution is 0.309. The highest BCUT2D eigenvalue weighted by Gasteiger charge is 2.20. The standard InChI is InChI=1S/C11H25N5/c1-9(2)7-13-11(15-12)14-8-10-5-4-6-16(10)3/h9-10H,4-8,12H2,1-3H3,(H2,13,14,15). The van der Waals surface area contributed by atoms with Gasteiger partial charge in [0.1, 0.15) is 0 Å². The largest absolute Gasteiger partial charge is 0.354 e. The van der Waals surface area contributed by atoms with E-state index in [2.05, 4.69) is 41.5 Å². The molecule has 1 fully saturated rings. The van der Waals surface area contributed by atoms with Gasteiger partial charge in [-0.05, 0) is 32.4 Å². The van der Waals surface area contributed by atoms with Crippen LogP contribution < -0.4 is 16.6 Å². The Morgan fingerprint density at radius 2 is 2.31 bits per heavy atom. The lowest BCUT2D eigenvalue weighted by Crippen LogP contribution is -2.46. The maximum Gasteiger partial charge on any atom is 0.205 e. The lowest BCUT2D eigenvalue weighted by Gasteiger charge is -2.20. The Labute approximate surface area is 98.4 Å². The van der Waals surface area contributed by atoms with Crippen LogP contribution in [0.4, 0.5) is 0 Å². The Morgan fingerprint density at radius 1 is 1.56 bits per heavy atom. The summed E-state index contributed by atoms with van der Waals surface area (Å²) < 4.78 is 0. The van der Waals surface area contributed by atoms with E-state index in [1.54, 1.807) is 0 Å². The molecule has 0 spiro atoms. The third-order valence-corrected chi connectivity index (χ3v) is 2.93. The molecule has 0 aromatic rings. The molecule has 0 radical (unpaired) electrons. The van der Waals surface area contributed by atoms with E-state index in [-0.39, 0.29) is 0 Å². The SMILES string of the molecule is CC(C)CN=C(NN)NCC1CCCN1C. The summed E-state index contributed by atoms with van der Waals surface area (Å²) >= 11 is 0. The third kappa shape index (κ3) is 4.37. The topological polar surface area (TPSA) is 65.7 Å². The highest BCUT2D eigenvalue weighted by Crippen LogP contribution is 2.13. The number of guanidine groups is 1. The number of likely N-dealkylation sites (N-methyl/N-ethyl adjacent to an activating group) is 1. The van der Waals surface area contributed by atoms with Gasteiger partial charge in [-0.1, -0.05) is 13.8 Å². The Bertz CT molecular complexity index is 226. The van der Waals surface area contributed by atoms with Crippen LogP contribution in [0.1, 0.15) is 26.7 Å². The summed E-state index contributed by atoms with van der Waals surface area (Å²) in [5, 5.41) is 3.27. The van der Waals surface area contributed by atoms with Crippen LogP contribution in [0.25, 0.3) is 0 Å². The van der Waals surface area contributed by atoms with Crippen molar-refractivity contribution in [3.8, 4) is 0 Å². The molecule has 0 saturated carbocycles. The average molecular weight is 227 g/mol. The van der Waals surface area contributed by atoms with Gasteiger partial charge in [0.25, 0.3) is 0 Å². The van der Waals surface area contributed by atoms with Gasteiger partial charge in [0, 0.05) is 19.1 Å². The molecule has 1 aliphatic heterocycles. The highest BCUT2D eigenvalue weighted by molar-refractivity contribution is 5.79. The number of nitrogens with zero attached hydrogens (tertiary/aromatic N) is 2. The molecule has 5 heteroatoms. The summed E-state index contributed by atoms with van der Waals surface area (Å²) in [6.07, 6.45) is 2.54. The first kappa shape index (κ1) is 13.3. The zero-order chi connectivity index (χ0) is 12.0. The molecule has 0 aromatic heterocycles. The van der Waals surface area contributed by atoms with Crippen LogP contribution in [-0.2, 0) is 0 Å². The van der Waals surface area contributed by atoms with Crippen LogP contribution in [-0.4, -0.2) is 43.6 Å². The number of nitrogens with two attached hydrogens (primary N) is 1. The van der Waals surface area contributed by atoms with Gasteiger partial charge < -0.3 is 10.2 Å². The zero-order valence-electron chi connectivity index (χ0n) is 10.7. The molecule has 1 saturated heterocycles. The fraction of sp³-hybridized carbons (Fsp3) is 0.909. The quantitative estimate of drug-likeness (QED) is 0.277. The Kier molecular flexibility index (Phi) is 5.55. The molecule has 1 aliphatic rings. The summed E-state index contributed by atoms with van der Waals surface area (Å²) in [4.78, 5) is 6.76. The number of hydrogen-bond donors (Lipinski definition) is 3. The normalized spacial score (nSPS) is 22.8. The zero-order valence-corrected chi connectivity index (χ0v) is 10.7. The third-order valence-electron chi connectivity index (χ3n) is 2.93. The van der Waals surface area contributed by atoms with Crippen LogP contribution in [0.2, 0.25) is 0 Å². The van der Waals surface area contributed by atoms with E-state index < -0.39 is 0 Å². The number of likely N-dealkylation sites (tertiary alicyclic amines) is 1. The van der Waals surface area contributed by atoms with Crippen LogP contribution >= 0.6 is 0 Å². The fourth-order valence-corrected chi connectivity index (χ4v) is 1.88. The number of rotatable bonds is 4. The summed E-state index contributed by atoms with van der Waals surface area (Å²) in [5.41, 5.74) is 2.62. The van der Waals surface area contributed by atoms with E-state index in [1.807, 2.05) is 0 Å². The molecule has 1 unspecified atom stereocenters. The van der Waals surface area contributed by atoms with E-state index in [9.17, 15) is 0 Å². The van der Waals surface area contributed by atoms with Crippen molar-refractivity contribution in [2.75, 3.05) is 26.7 Å². The van der Waals surface area contributed by atoms with Gasteiger partial charge in [-0.2, -0.15) is 0 Å². The van der Waals surface area contributed by atoms with Crippen molar-refractivity contribution in [2.45, 2.75) is 32.7 Å². The summed E-state index contributed by atoms with van der Waals surface area (Å²) in [6, 6.07) is 0.609. The second kappa shape index (κ2) is 6.70. The molecular weight excluding hydrogens is 202 g/mol. The summed E-state index contributed by atoms with van der Waals surface area (Å²) in [7, 11) is 2.17. The van der Waals surface area contributed by atoms with Crippen molar-refractivity contribution in [3.05, 3.63) is 0 Å². The monoisotopic (exact) mass is 227 g/mol. The van der Waals surface area contributed by atoms with Crippen molar-refractivity contribution in [1.29, 1.82) is 0 Å². The van der Waals surface area contributed by atoms with Crippen LogP contribution in [0, 0.1) is 5.92 Å². The number of nitrogens with one attached hydrogen (secondary N) is 2. The number of hydrazine groups is 1. The molecule has 1 atom stereocenters. The Hall–Kier alpha value is -0.810. The van der Waals surface area contributed by atoms with Crippen molar-refractivity contribution >= 4 is 5.96 Å². The van der Waals surface area contributed by atoms with Crippen LogP contribution in [0.15, 0.2) is 4.99 Å². The first-order valence-electron chi connectivity index (χ1n) is 6.08. The molecule has 1 rings (SSSR count).